The van der Waals surface area contributed by atoms with E-state index in [2.05, 4.69) is 19.1 Å². The first-order chi connectivity index (χ1) is 9.17. The van der Waals surface area contributed by atoms with Gasteiger partial charge in [-0.05, 0) is 19.8 Å². The second-order valence-electron chi connectivity index (χ2n) is 5.82. The Morgan fingerprint density at radius 3 is 2.84 bits per heavy atom. The highest BCUT2D eigenvalue weighted by Gasteiger charge is 2.59. The summed E-state index contributed by atoms with van der Waals surface area (Å²) in [5.74, 6) is -0.261. The van der Waals surface area contributed by atoms with Crippen molar-refractivity contribution in [1.82, 2.24) is 0 Å². The molecule has 19 heavy (non-hydrogen) atoms. The van der Waals surface area contributed by atoms with Crippen LogP contribution >= 0.6 is 0 Å². The third-order valence-electron chi connectivity index (χ3n) is 4.69. The maximum absolute atomic E-state index is 12.3. The number of ketones is 1. The van der Waals surface area contributed by atoms with Crippen LogP contribution in [0.1, 0.15) is 32.6 Å². The van der Waals surface area contributed by atoms with Crippen LogP contribution in [0, 0.1) is 29.1 Å². The van der Waals surface area contributed by atoms with E-state index >= 15 is 0 Å². The first-order valence-corrected chi connectivity index (χ1v) is 7.02. The molecule has 1 saturated heterocycles. The van der Waals surface area contributed by atoms with Gasteiger partial charge in [0.15, 0.2) is 5.79 Å². The number of ether oxygens (including phenoxy) is 2. The number of nitrogens with zero attached hydrogens (tertiary/aromatic N) is 1. The van der Waals surface area contributed by atoms with E-state index in [1.807, 2.05) is 0 Å². The van der Waals surface area contributed by atoms with E-state index in [0.717, 1.165) is 6.42 Å². The lowest BCUT2D eigenvalue weighted by molar-refractivity contribution is -0.246. The van der Waals surface area contributed by atoms with Crippen LogP contribution in [-0.4, -0.2) is 24.8 Å². The first kappa shape index (κ1) is 12.8. The highest BCUT2D eigenvalue weighted by atomic mass is 16.7. The summed E-state index contributed by atoms with van der Waals surface area (Å²) in [6.45, 7) is 3.33. The number of nitriles is 1. The molecule has 4 heteroatoms. The van der Waals surface area contributed by atoms with Crippen LogP contribution in [0.15, 0.2) is 11.6 Å². The molecular weight excluding hydrogens is 242 g/mol. The van der Waals surface area contributed by atoms with Crippen molar-refractivity contribution in [3.05, 3.63) is 11.6 Å². The minimum absolute atomic E-state index is 0.0552. The third kappa shape index (κ3) is 1.92. The summed E-state index contributed by atoms with van der Waals surface area (Å²) in [5, 5.41) is 8.78. The smallest absolute Gasteiger partial charge is 0.178 e. The van der Waals surface area contributed by atoms with E-state index < -0.39 is 5.79 Å². The predicted octanol–water partition coefficient (Wildman–Crippen LogP) is 2.20. The van der Waals surface area contributed by atoms with Gasteiger partial charge < -0.3 is 9.47 Å². The van der Waals surface area contributed by atoms with Crippen molar-refractivity contribution in [3.8, 4) is 6.07 Å². The number of allylic oxidation sites excluding steroid dienone is 1. The number of carbonyl (C=O) groups excluding carboxylic acids is 1. The highest BCUT2D eigenvalue weighted by Crippen LogP contribution is 2.52. The standard InChI is InChI=1S/C15H19NO3/c1-10-7-11-9-14(17)12(3-2-4-16)13(8-10)15(11)18-5-6-19-15/h7,11-13H,2-3,5-6,8-9H2,1H3/t11-,12?,13+/m0/s1. The van der Waals surface area contributed by atoms with E-state index in [9.17, 15) is 4.79 Å². The molecule has 3 rings (SSSR count). The van der Waals surface area contributed by atoms with Crippen LogP contribution in [0.4, 0.5) is 0 Å². The molecule has 2 fully saturated rings. The molecule has 1 unspecified atom stereocenters. The van der Waals surface area contributed by atoms with E-state index in [1.165, 1.54) is 5.57 Å². The molecule has 102 valence electrons. The molecule has 3 atom stereocenters. The van der Waals surface area contributed by atoms with Gasteiger partial charge in [-0.1, -0.05) is 11.6 Å². The van der Waals surface area contributed by atoms with Crippen molar-refractivity contribution in [2.45, 2.75) is 38.4 Å². The van der Waals surface area contributed by atoms with Gasteiger partial charge in [0.05, 0.1) is 19.3 Å². The fraction of sp³-hybridized carbons (Fsp3) is 0.733. The molecule has 0 aromatic carbocycles. The van der Waals surface area contributed by atoms with Crippen LogP contribution in [0.25, 0.3) is 0 Å². The average Bonchev–Trinajstić information content (AvgIpc) is 2.83. The van der Waals surface area contributed by atoms with E-state index in [1.54, 1.807) is 0 Å². The largest absolute Gasteiger partial charge is 0.347 e. The molecule has 4 nitrogen and oxygen atoms in total. The molecule has 2 bridgehead atoms. The van der Waals surface area contributed by atoms with Gasteiger partial charge >= 0.3 is 0 Å². The second kappa shape index (κ2) is 4.73. The fourth-order valence-corrected chi connectivity index (χ4v) is 3.96. The lowest BCUT2D eigenvalue weighted by atomic mass is 9.62. The molecule has 0 N–H and O–H groups in total. The zero-order valence-corrected chi connectivity index (χ0v) is 11.2. The van der Waals surface area contributed by atoms with Gasteiger partial charge in [-0.2, -0.15) is 5.26 Å². The van der Waals surface area contributed by atoms with E-state index in [0.29, 0.717) is 32.5 Å². The fourth-order valence-electron chi connectivity index (χ4n) is 3.96. The molecule has 3 aliphatic rings. The Labute approximate surface area is 113 Å². The molecule has 1 aliphatic heterocycles. The minimum atomic E-state index is -0.590. The number of rotatable bonds is 2. The lowest BCUT2D eigenvalue weighted by Crippen LogP contribution is -2.56. The molecule has 0 radical (unpaired) electrons. The molecular formula is C15H19NO3. The number of Topliss-reactive ketones (excluding diaryl/α,β-unsaturated/α-hetero) is 1. The normalized spacial score (nSPS) is 36.1. The van der Waals surface area contributed by atoms with Crippen molar-refractivity contribution < 1.29 is 14.3 Å². The monoisotopic (exact) mass is 261 g/mol. The number of hydrogen-bond acceptors (Lipinski definition) is 4. The summed E-state index contributed by atoms with van der Waals surface area (Å²) in [4.78, 5) is 12.3. The number of carbonyl (C=O) groups is 1. The summed E-state index contributed by atoms with van der Waals surface area (Å²) in [6, 6.07) is 2.15. The maximum Gasteiger partial charge on any atom is 0.178 e. The molecule has 0 aromatic rings. The Bertz CT molecular complexity index is 457. The van der Waals surface area contributed by atoms with Crippen molar-refractivity contribution in [2.24, 2.45) is 17.8 Å². The summed E-state index contributed by atoms with van der Waals surface area (Å²) < 4.78 is 11.9. The van der Waals surface area contributed by atoms with Crippen LogP contribution in [0.3, 0.4) is 0 Å². The van der Waals surface area contributed by atoms with E-state index in [-0.39, 0.29) is 23.5 Å². The van der Waals surface area contributed by atoms with Gasteiger partial charge in [0.1, 0.15) is 5.78 Å². The third-order valence-corrected chi connectivity index (χ3v) is 4.69. The molecule has 1 spiro atoms. The van der Waals surface area contributed by atoms with Crippen LogP contribution < -0.4 is 0 Å². The van der Waals surface area contributed by atoms with Crippen LogP contribution in [0.5, 0.6) is 0 Å². The maximum atomic E-state index is 12.3. The van der Waals surface area contributed by atoms with E-state index in [4.69, 9.17) is 14.7 Å². The SMILES string of the molecule is CC1=C[C@H]2CC(=O)C(CCC#N)[C@@H](C1)C21OCCO1. The Morgan fingerprint density at radius 2 is 2.16 bits per heavy atom. The van der Waals surface area contributed by atoms with Crippen LogP contribution in [0.2, 0.25) is 0 Å². The van der Waals surface area contributed by atoms with Gasteiger partial charge in [0, 0.05) is 30.6 Å². The minimum Gasteiger partial charge on any atom is -0.347 e. The van der Waals surface area contributed by atoms with Gasteiger partial charge in [-0.25, -0.2) is 0 Å². The molecule has 2 aliphatic carbocycles. The summed E-state index contributed by atoms with van der Waals surface area (Å²) in [6.07, 6.45) is 4.55. The van der Waals surface area contributed by atoms with Crippen molar-refractivity contribution in [1.29, 1.82) is 5.26 Å². The Morgan fingerprint density at radius 1 is 1.42 bits per heavy atom. The Kier molecular flexibility index (Phi) is 3.20. The zero-order valence-electron chi connectivity index (χ0n) is 11.2. The topological polar surface area (TPSA) is 59.3 Å². The van der Waals surface area contributed by atoms with Crippen molar-refractivity contribution in [2.75, 3.05) is 13.2 Å². The van der Waals surface area contributed by atoms with Gasteiger partial charge in [-0.3, -0.25) is 4.79 Å². The van der Waals surface area contributed by atoms with Crippen molar-refractivity contribution in [3.63, 3.8) is 0 Å². The molecule has 1 saturated carbocycles. The van der Waals surface area contributed by atoms with Crippen molar-refractivity contribution >= 4 is 5.78 Å². The summed E-state index contributed by atoms with van der Waals surface area (Å²) in [7, 11) is 0. The highest BCUT2D eigenvalue weighted by molar-refractivity contribution is 5.83. The molecule has 0 amide bonds. The Hall–Kier alpha value is -1.18. The van der Waals surface area contributed by atoms with Gasteiger partial charge in [0.2, 0.25) is 0 Å². The molecule has 1 heterocycles. The zero-order chi connectivity index (χ0) is 13.5. The second-order valence-corrected chi connectivity index (χ2v) is 5.82. The lowest BCUT2D eigenvalue weighted by Gasteiger charge is -2.50. The van der Waals surface area contributed by atoms with Crippen LogP contribution in [-0.2, 0) is 14.3 Å². The quantitative estimate of drug-likeness (QED) is 0.715. The number of hydrogen-bond donors (Lipinski definition) is 0. The predicted molar refractivity (Wildman–Crippen MR) is 68.0 cm³/mol. The first-order valence-electron chi connectivity index (χ1n) is 7.02. The summed E-state index contributed by atoms with van der Waals surface area (Å²) >= 11 is 0. The van der Waals surface area contributed by atoms with Gasteiger partial charge in [-0.15, -0.1) is 0 Å². The Balaban J connectivity index is 1.95. The average molecular weight is 261 g/mol. The van der Waals surface area contributed by atoms with Gasteiger partial charge in [0.25, 0.3) is 0 Å². The molecule has 0 aromatic heterocycles. The summed E-state index contributed by atoms with van der Waals surface area (Å²) in [5.41, 5.74) is 1.31.